The largest absolute Gasteiger partial charge is 0.497 e. The van der Waals surface area contributed by atoms with E-state index in [2.05, 4.69) is 20.2 Å². The molecular formula is C19H24N4O3. The molecule has 2 heterocycles. The highest BCUT2D eigenvalue weighted by Gasteiger charge is 2.21. The Morgan fingerprint density at radius 3 is 2.65 bits per heavy atom. The van der Waals surface area contributed by atoms with Crippen molar-refractivity contribution >= 4 is 11.9 Å². The highest BCUT2D eigenvalue weighted by atomic mass is 16.5. The number of nitrogens with one attached hydrogen (secondary N) is 1. The van der Waals surface area contributed by atoms with Crippen LogP contribution in [0.2, 0.25) is 0 Å². The zero-order valence-electron chi connectivity index (χ0n) is 14.9. The lowest BCUT2D eigenvalue weighted by Crippen LogP contribution is -2.40. The number of carbonyl (C=O) groups excluding carboxylic acids is 1. The van der Waals surface area contributed by atoms with Crippen molar-refractivity contribution in [2.45, 2.75) is 12.8 Å². The summed E-state index contributed by atoms with van der Waals surface area (Å²) in [4.78, 5) is 22.8. The number of piperidine rings is 1. The van der Waals surface area contributed by atoms with Crippen molar-refractivity contribution in [3.05, 3.63) is 42.7 Å². The third-order valence-corrected chi connectivity index (χ3v) is 4.45. The number of anilines is 1. The Labute approximate surface area is 153 Å². The zero-order chi connectivity index (χ0) is 18.2. The topological polar surface area (TPSA) is 76.6 Å². The number of methoxy groups -OCH3 is 1. The maximum Gasteiger partial charge on any atom is 0.257 e. The molecule has 7 nitrogen and oxygen atoms in total. The third kappa shape index (κ3) is 5.08. The maximum absolute atomic E-state index is 12.0. The molecule has 0 bridgehead atoms. The molecule has 7 heteroatoms. The number of nitrogens with zero attached hydrogens (tertiary/aromatic N) is 3. The van der Waals surface area contributed by atoms with Gasteiger partial charge in [-0.05, 0) is 37.0 Å². The zero-order valence-corrected chi connectivity index (χ0v) is 14.9. The van der Waals surface area contributed by atoms with Gasteiger partial charge in [0.2, 0.25) is 5.95 Å². The molecule has 1 aliphatic heterocycles. The molecule has 0 unspecified atom stereocenters. The molecule has 0 spiro atoms. The second kappa shape index (κ2) is 9.03. The van der Waals surface area contributed by atoms with Crippen LogP contribution in [-0.4, -0.2) is 49.2 Å². The van der Waals surface area contributed by atoms with Crippen molar-refractivity contribution in [2.75, 3.05) is 38.3 Å². The molecule has 1 N–H and O–H groups in total. The number of hydrogen-bond acceptors (Lipinski definition) is 6. The van der Waals surface area contributed by atoms with Gasteiger partial charge in [0.15, 0.2) is 6.61 Å². The van der Waals surface area contributed by atoms with Crippen LogP contribution < -0.4 is 19.7 Å². The lowest BCUT2D eigenvalue weighted by molar-refractivity contribution is -0.123. The first-order chi connectivity index (χ1) is 12.7. The quantitative estimate of drug-likeness (QED) is 0.816. The standard InChI is InChI=1S/C19H24N4O3/c1-25-16-4-2-5-17(12-16)26-14-18(24)22-13-15-6-10-23(11-7-15)19-20-8-3-9-21-19/h2-5,8-9,12,15H,6-7,10-11,13-14H2,1H3,(H,22,24). The molecule has 1 aliphatic rings. The monoisotopic (exact) mass is 356 g/mol. The minimum absolute atomic E-state index is 0.00384. The summed E-state index contributed by atoms with van der Waals surface area (Å²) >= 11 is 0. The van der Waals surface area contributed by atoms with Gasteiger partial charge >= 0.3 is 0 Å². The van der Waals surface area contributed by atoms with Gasteiger partial charge in [-0.1, -0.05) is 6.07 Å². The van der Waals surface area contributed by atoms with E-state index in [4.69, 9.17) is 9.47 Å². The fraction of sp³-hybridized carbons (Fsp3) is 0.421. The van der Waals surface area contributed by atoms with Gasteiger partial charge in [-0.25, -0.2) is 9.97 Å². The van der Waals surface area contributed by atoms with E-state index in [0.717, 1.165) is 31.9 Å². The molecule has 0 atom stereocenters. The van der Waals surface area contributed by atoms with E-state index < -0.39 is 0 Å². The van der Waals surface area contributed by atoms with Crippen LogP contribution in [0.15, 0.2) is 42.7 Å². The van der Waals surface area contributed by atoms with Gasteiger partial charge in [-0.2, -0.15) is 0 Å². The smallest absolute Gasteiger partial charge is 0.257 e. The number of carbonyl (C=O) groups is 1. The molecule has 0 saturated carbocycles. The van der Waals surface area contributed by atoms with Crippen LogP contribution in [0.25, 0.3) is 0 Å². The Morgan fingerprint density at radius 1 is 1.19 bits per heavy atom. The Hall–Kier alpha value is -2.83. The molecule has 0 radical (unpaired) electrons. The van der Waals surface area contributed by atoms with Crippen molar-refractivity contribution < 1.29 is 14.3 Å². The molecule has 1 fully saturated rings. The van der Waals surface area contributed by atoms with Gasteiger partial charge in [-0.15, -0.1) is 0 Å². The predicted molar refractivity (Wildman–Crippen MR) is 98.5 cm³/mol. The summed E-state index contributed by atoms with van der Waals surface area (Å²) in [6.45, 7) is 2.49. The van der Waals surface area contributed by atoms with Crippen molar-refractivity contribution in [2.24, 2.45) is 5.92 Å². The Bertz CT molecular complexity index is 703. The second-order valence-corrected chi connectivity index (χ2v) is 6.25. The van der Waals surface area contributed by atoms with E-state index >= 15 is 0 Å². The van der Waals surface area contributed by atoms with Crippen LogP contribution in [0.5, 0.6) is 11.5 Å². The van der Waals surface area contributed by atoms with Gasteiger partial charge in [0.1, 0.15) is 11.5 Å². The van der Waals surface area contributed by atoms with Gasteiger partial charge in [0, 0.05) is 38.1 Å². The molecule has 1 aromatic heterocycles. The van der Waals surface area contributed by atoms with Crippen LogP contribution in [0, 0.1) is 5.92 Å². The van der Waals surface area contributed by atoms with Crippen LogP contribution in [0.1, 0.15) is 12.8 Å². The Balaban J connectivity index is 1.36. The maximum atomic E-state index is 12.0. The van der Waals surface area contributed by atoms with Crippen molar-refractivity contribution in [3.8, 4) is 11.5 Å². The van der Waals surface area contributed by atoms with E-state index in [1.54, 1.807) is 31.6 Å². The average Bonchev–Trinajstić information content (AvgIpc) is 2.72. The molecule has 138 valence electrons. The molecule has 1 saturated heterocycles. The molecule has 3 rings (SSSR count). The van der Waals surface area contributed by atoms with Crippen molar-refractivity contribution in [3.63, 3.8) is 0 Å². The fourth-order valence-electron chi connectivity index (χ4n) is 2.94. The summed E-state index contributed by atoms with van der Waals surface area (Å²) in [5.41, 5.74) is 0. The van der Waals surface area contributed by atoms with Crippen LogP contribution in [0.4, 0.5) is 5.95 Å². The predicted octanol–water partition coefficient (Wildman–Crippen LogP) is 1.90. The van der Waals surface area contributed by atoms with E-state index in [1.807, 2.05) is 18.2 Å². The number of hydrogen-bond donors (Lipinski definition) is 1. The molecule has 0 aliphatic carbocycles. The minimum atomic E-state index is -0.110. The highest BCUT2D eigenvalue weighted by molar-refractivity contribution is 5.77. The SMILES string of the molecule is COc1cccc(OCC(=O)NCC2CCN(c3ncccn3)CC2)c1. The first kappa shape index (κ1) is 18.0. The summed E-state index contributed by atoms with van der Waals surface area (Å²) in [7, 11) is 1.60. The first-order valence-corrected chi connectivity index (χ1v) is 8.80. The van der Waals surface area contributed by atoms with Crippen LogP contribution in [-0.2, 0) is 4.79 Å². The van der Waals surface area contributed by atoms with E-state index in [0.29, 0.717) is 24.0 Å². The molecule has 26 heavy (non-hydrogen) atoms. The minimum Gasteiger partial charge on any atom is -0.497 e. The number of ether oxygens (including phenoxy) is 2. The van der Waals surface area contributed by atoms with Gasteiger partial charge in [-0.3, -0.25) is 4.79 Å². The van der Waals surface area contributed by atoms with E-state index in [-0.39, 0.29) is 12.5 Å². The Kier molecular flexibility index (Phi) is 6.24. The number of aromatic nitrogens is 2. The van der Waals surface area contributed by atoms with E-state index in [1.165, 1.54) is 0 Å². The van der Waals surface area contributed by atoms with Crippen molar-refractivity contribution in [1.29, 1.82) is 0 Å². The lowest BCUT2D eigenvalue weighted by atomic mass is 9.97. The number of amides is 1. The normalized spacial score (nSPS) is 14.7. The summed E-state index contributed by atoms with van der Waals surface area (Å²) in [6, 6.07) is 9.04. The van der Waals surface area contributed by atoms with Crippen molar-refractivity contribution in [1.82, 2.24) is 15.3 Å². The summed E-state index contributed by atoms with van der Waals surface area (Å²) in [5.74, 6) is 2.46. The van der Waals surface area contributed by atoms with E-state index in [9.17, 15) is 4.79 Å². The number of benzene rings is 1. The molecule has 2 aromatic rings. The summed E-state index contributed by atoms with van der Waals surface area (Å²) < 4.78 is 10.6. The van der Waals surface area contributed by atoms with Crippen LogP contribution >= 0.6 is 0 Å². The van der Waals surface area contributed by atoms with Gasteiger partial charge in [0.25, 0.3) is 5.91 Å². The van der Waals surface area contributed by atoms with Crippen LogP contribution in [0.3, 0.4) is 0 Å². The lowest BCUT2D eigenvalue weighted by Gasteiger charge is -2.31. The summed E-state index contributed by atoms with van der Waals surface area (Å²) in [5, 5.41) is 2.96. The molecule has 1 amide bonds. The summed E-state index contributed by atoms with van der Waals surface area (Å²) in [6.07, 6.45) is 5.54. The van der Waals surface area contributed by atoms with Gasteiger partial charge < -0.3 is 19.7 Å². The second-order valence-electron chi connectivity index (χ2n) is 6.25. The fourth-order valence-corrected chi connectivity index (χ4v) is 2.94. The number of rotatable bonds is 7. The van der Waals surface area contributed by atoms with Gasteiger partial charge in [0.05, 0.1) is 7.11 Å². The highest BCUT2D eigenvalue weighted by Crippen LogP contribution is 2.20. The molecule has 1 aromatic carbocycles. The first-order valence-electron chi connectivity index (χ1n) is 8.80. The molecular weight excluding hydrogens is 332 g/mol. The third-order valence-electron chi connectivity index (χ3n) is 4.45. The average molecular weight is 356 g/mol. The Morgan fingerprint density at radius 2 is 1.92 bits per heavy atom.